The number of hydrogen-bond acceptors (Lipinski definition) is 3. The summed E-state index contributed by atoms with van der Waals surface area (Å²) in [6.45, 7) is 3.07. The third-order valence-electron chi connectivity index (χ3n) is 2.93. The molecule has 1 heterocycles. The molecule has 1 amide bonds. The summed E-state index contributed by atoms with van der Waals surface area (Å²) in [6, 6.07) is 0. The van der Waals surface area contributed by atoms with Crippen molar-refractivity contribution in [2.75, 3.05) is 40.3 Å². The molecule has 4 nitrogen and oxygen atoms in total. The van der Waals surface area contributed by atoms with Crippen molar-refractivity contribution in [3.63, 3.8) is 0 Å². The number of rotatable bonds is 4. The maximum Gasteiger partial charge on any atom is 0.226 e. The Morgan fingerprint density at radius 1 is 1.53 bits per heavy atom. The third kappa shape index (κ3) is 3.80. The summed E-state index contributed by atoms with van der Waals surface area (Å²) < 4.78 is 0. The quantitative estimate of drug-likeness (QED) is 0.725. The lowest BCUT2D eigenvalue weighted by Crippen LogP contribution is -2.43. The topological polar surface area (TPSA) is 43.8 Å². The molecule has 1 rings (SSSR count). The van der Waals surface area contributed by atoms with Crippen LogP contribution in [0.3, 0.4) is 0 Å². The molecule has 0 aliphatic carbocycles. The minimum absolute atomic E-state index is 0.160. The number of likely N-dealkylation sites (tertiary alicyclic amines) is 1. The van der Waals surface area contributed by atoms with Crippen molar-refractivity contribution in [2.24, 2.45) is 5.92 Å². The lowest BCUT2D eigenvalue weighted by atomic mass is 9.96. The fourth-order valence-corrected chi connectivity index (χ4v) is 2.12. The molecule has 0 saturated carbocycles. The predicted molar refractivity (Wildman–Crippen MR) is 59.6 cm³/mol. The van der Waals surface area contributed by atoms with Gasteiger partial charge in [-0.15, -0.1) is 0 Å². The van der Waals surface area contributed by atoms with Gasteiger partial charge in [-0.25, -0.2) is 0 Å². The zero-order valence-electron chi connectivity index (χ0n) is 9.78. The van der Waals surface area contributed by atoms with Crippen molar-refractivity contribution in [3.8, 4) is 0 Å². The molecule has 1 atom stereocenters. The zero-order chi connectivity index (χ0) is 11.3. The fourth-order valence-electron chi connectivity index (χ4n) is 2.12. The monoisotopic (exact) mass is 214 g/mol. The van der Waals surface area contributed by atoms with Crippen LogP contribution in [0.25, 0.3) is 0 Å². The van der Waals surface area contributed by atoms with Crippen LogP contribution in [0.1, 0.15) is 19.3 Å². The third-order valence-corrected chi connectivity index (χ3v) is 2.93. The summed E-state index contributed by atoms with van der Waals surface area (Å²) in [5.74, 6) is 0.399. The molecule has 1 aliphatic heterocycles. The van der Waals surface area contributed by atoms with Gasteiger partial charge in [0.2, 0.25) is 5.91 Å². The Kier molecular flexibility index (Phi) is 5.05. The minimum atomic E-state index is 0.160. The number of aliphatic hydroxyl groups excluding tert-OH is 1. The van der Waals surface area contributed by atoms with E-state index >= 15 is 0 Å². The first-order valence-electron chi connectivity index (χ1n) is 5.69. The summed E-state index contributed by atoms with van der Waals surface area (Å²) in [4.78, 5) is 15.7. The Labute approximate surface area is 91.9 Å². The number of aliphatic hydroxyl groups is 1. The highest BCUT2D eigenvalue weighted by Gasteiger charge is 2.26. The van der Waals surface area contributed by atoms with Gasteiger partial charge in [0, 0.05) is 33.8 Å². The summed E-state index contributed by atoms with van der Waals surface area (Å²) in [6.07, 6.45) is 2.91. The lowest BCUT2D eigenvalue weighted by molar-refractivity contribution is -0.134. The van der Waals surface area contributed by atoms with Crippen LogP contribution >= 0.6 is 0 Å². The standard InChI is InChI=1S/C11H22N2O2/c1-12(2)11(15)10-5-3-6-13(9-10)7-4-8-14/h10,14H,3-9H2,1-2H3. The van der Waals surface area contributed by atoms with Crippen LogP contribution in [0.15, 0.2) is 0 Å². The highest BCUT2D eigenvalue weighted by Crippen LogP contribution is 2.18. The predicted octanol–water partition coefficient (Wildman–Crippen LogP) is 0.169. The summed E-state index contributed by atoms with van der Waals surface area (Å²) >= 11 is 0. The number of amides is 1. The first kappa shape index (κ1) is 12.5. The molecule has 0 bridgehead atoms. The first-order chi connectivity index (χ1) is 7.15. The average molecular weight is 214 g/mol. The number of nitrogens with zero attached hydrogens (tertiary/aromatic N) is 2. The van der Waals surface area contributed by atoms with Gasteiger partial charge in [-0.05, 0) is 25.8 Å². The van der Waals surface area contributed by atoms with Crippen molar-refractivity contribution in [2.45, 2.75) is 19.3 Å². The van der Waals surface area contributed by atoms with Gasteiger partial charge in [0.1, 0.15) is 0 Å². The van der Waals surface area contributed by atoms with Gasteiger partial charge < -0.3 is 14.9 Å². The van der Waals surface area contributed by atoms with E-state index in [-0.39, 0.29) is 18.4 Å². The molecule has 0 spiro atoms. The van der Waals surface area contributed by atoms with E-state index in [1.165, 1.54) is 0 Å². The van der Waals surface area contributed by atoms with Crippen molar-refractivity contribution >= 4 is 5.91 Å². The minimum Gasteiger partial charge on any atom is -0.396 e. The van der Waals surface area contributed by atoms with E-state index < -0.39 is 0 Å². The van der Waals surface area contributed by atoms with E-state index in [0.29, 0.717) is 0 Å². The SMILES string of the molecule is CN(C)C(=O)C1CCCN(CCCO)C1. The Morgan fingerprint density at radius 2 is 2.27 bits per heavy atom. The van der Waals surface area contributed by atoms with Crippen LogP contribution in [-0.4, -0.2) is 61.2 Å². The van der Waals surface area contributed by atoms with Crippen LogP contribution in [0.5, 0.6) is 0 Å². The van der Waals surface area contributed by atoms with Crippen molar-refractivity contribution in [3.05, 3.63) is 0 Å². The van der Waals surface area contributed by atoms with Gasteiger partial charge in [0.05, 0.1) is 5.92 Å². The second-order valence-corrected chi connectivity index (χ2v) is 4.45. The average Bonchev–Trinajstić information content (AvgIpc) is 2.25. The molecule has 1 saturated heterocycles. The molecule has 0 aromatic heterocycles. The highest BCUT2D eigenvalue weighted by atomic mass is 16.3. The van der Waals surface area contributed by atoms with Crippen molar-refractivity contribution in [1.82, 2.24) is 9.80 Å². The second kappa shape index (κ2) is 6.08. The fraction of sp³-hybridized carbons (Fsp3) is 0.909. The first-order valence-corrected chi connectivity index (χ1v) is 5.69. The Balaban J connectivity index is 2.38. The molecule has 15 heavy (non-hydrogen) atoms. The van der Waals surface area contributed by atoms with Crippen molar-refractivity contribution in [1.29, 1.82) is 0 Å². The molecular formula is C11H22N2O2. The Morgan fingerprint density at radius 3 is 2.87 bits per heavy atom. The lowest BCUT2D eigenvalue weighted by Gasteiger charge is -2.33. The summed E-state index contributed by atoms with van der Waals surface area (Å²) in [5.41, 5.74) is 0. The van der Waals surface area contributed by atoms with Crippen LogP contribution in [0, 0.1) is 5.92 Å². The molecule has 1 unspecified atom stereocenters. The van der Waals surface area contributed by atoms with Gasteiger partial charge in [-0.2, -0.15) is 0 Å². The molecule has 88 valence electrons. The number of carbonyl (C=O) groups is 1. The van der Waals surface area contributed by atoms with Crippen LogP contribution < -0.4 is 0 Å². The van der Waals surface area contributed by atoms with Crippen molar-refractivity contribution < 1.29 is 9.90 Å². The maximum absolute atomic E-state index is 11.8. The van der Waals surface area contributed by atoms with E-state index in [1.54, 1.807) is 4.90 Å². The second-order valence-electron chi connectivity index (χ2n) is 4.45. The van der Waals surface area contributed by atoms with Gasteiger partial charge in [-0.3, -0.25) is 4.79 Å². The smallest absolute Gasteiger partial charge is 0.226 e. The van der Waals surface area contributed by atoms with Gasteiger partial charge in [0.15, 0.2) is 0 Å². The largest absolute Gasteiger partial charge is 0.396 e. The van der Waals surface area contributed by atoms with Gasteiger partial charge in [-0.1, -0.05) is 0 Å². The molecule has 1 N–H and O–H groups in total. The normalized spacial score (nSPS) is 22.7. The van der Waals surface area contributed by atoms with E-state index in [9.17, 15) is 4.79 Å². The van der Waals surface area contributed by atoms with E-state index in [4.69, 9.17) is 5.11 Å². The Bertz CT molecular complexity index is 207. The number of carbonyl (C=O) groups excluding carboxylic acids is 1. The maximum atomic E-state index is 11.8. The van der Waals surface area contributed by atoms with Crippen LogP contribution in [0.2, 0.25) is 0 Å². The van der Waals surface area contributed by atoms with Gasteiger partial charge >= 0.3 is 0 Å². The highest BCUT2D eigenvalue weighted by molar-refractivity contribution is 5.78. The molecule has 4 heteroatoms. The summed E-state index contributed by atoms with van der Waals surface area (Å²) in [7, 11) is 3.63. The Hall–Kier alpha value is -0.610. The molecular weight excluding hydrogens is 192 g/mol. The van der Waals surface area contributed by atoms with E-state index in [0.717, 1.165) is 38.9 Å². The van der Waals surface area contributed by atoms with Gasteiger partial charge in [0.25, 0.3) is 0 Å². The molecule has 1 fully saturated rings. The molecule has 0 aromatic carbocycles. The van der Waals surface area contributed by atoms with E-state index in [1.807, 2.05) is 14.1 Å². The zero-order valence-corrected chi connectivity index (χ0v) is 9.78. The molecule has 0 aromatic rings. The van der Waals surface area contributed by atoms with E-state index in [2.05, 4.69) is 4.90 Å². The number of piperidine rings is 1. The number of hydrogen-bond donors (Lipinski definition) is 1. The van der Waals surface area contributed by atoms with Crippen LogP contribution in [0.4, 0.5) is 0 Å². The molecule has 1 aliphatic rings. The van der Waals surface area contributed by atoms with Crippen LogP contribution in [-0.2, 0) is 4.79 Å². The molecule has 0 radical (unpaired) electrons. The summed E-state index contributed by atoms with van der Waals surface area (Å²) in [5, 5.41) is 8.76.